The Morgan fingerprint density at radius 3 is 2.50 bits per heavy atom. The van der Waals surface area contributed by atoms with Crippen molar-refractivity contribution in [3.05, 3.63) is 23.8 Å². The van der Waals surface area contributed by atoms with Crippen molar-refractivity contribution in [1.82, 2.24) is 10.2 Å². The molecule has 2 N–H and O–H groups in total. The van der Waals surface area contributed by atoms with Crippen molar-refractivity contribution in [3.63, 3.8) is 0 Å². The second-order valence-electron chi connectivity index (χ2n) is 6.78. The fourth-order valence-corrected chi connectivity index (χ4v) is 4.41. The Bertz CT molecular complexity index is 637. The molecule has 3 rings (SSSR count). The third kappa shape index (κ3) is 3.59. The molecule has 6 heteroatoms. The maximum absolute atomic E-state index is 12.9. The number of fused-ring (bicyclic) bond motifs is 2. The summed E-state index contributed by atoms with van der Waals surface area (Å²) in [7, 11) is 1.91. The number of nitrogens with zero attached hydrogens (tertiary/aromatic N) is 1. The van der Waals surface area contributed by atoms with E-state index in [0.29, 0.717) is 23.7 Å². The standard InChI is InChI=1S/C18H25N3O2S/c1-11(22)19-16-7-4-12(8-17(16)24-3)18(23)21(2)15-9-13-5-6-14(10-15)20-13/h4,7-8,13-15,20H,5-6,9-10H2,1-3H3,(H,19,22). The van der Waals surface area contributed by atoms with Crippen LogP contribution >= 0.6 is 11.8 Å². The lowest BCUT2D eigenvalue weighted by atomic mass is 9.98. The van der Waals surface area contributed by atoms with Crippen LogP contribution in [0.15, 0.2) is 23.1 Å². The summed E-state index contributed by atoms with van der Waals surface area (Å²) in [6.07, 6.45) is 6.48. The highest BCUT2D eigenvalue weighted by atomic mass is 32.2. The van der Waals surface area contributed by atoms with E-state index in [1.165, 1.54) is 31.5 Å². The summed E-state index contributed by atoms with van der Waals surface area (Å²) in [4.78, 5) is 27.0. The summed E-state index contributed by atoms with van der Waals surface area (Å²) < 4.78 is 0. The van der Waals surface area contributed by atoms with Gasteiger partial charge in [-0.3, -0.25) is 9.59 Å². The van der Waals surface area contributed by atoms with Crippen molar-refractivity contribution >= 4 is 29.3 Å². The van der Waals surface area contributed by atoms with Gasteiger partial charge in [0.1, 0.15) is 0 Å². The van der Waals surface area contributed by atoms with E-state index in [1.807, 2.05) is 30.3 Å². The number of anilines is 1. The highest BCUT2D eigenvalue weighted by Gasteiger charge is 2.36. The summed E-state index contributed by atoms with van der Waals surface area (Å²) in [5.41, 5.74) is 1.44. The van der Waals surface area contributed by atoms with Gasteiger partial charge in [-0.15, -0.1) is 11.8 Å². The SMILES string of the molecule is CSc1cc(C(=O)N(C)C2CC3CCC(C2)N3)ccc1NC(C)=O. The molecule has 2 aliphatic rings. The lowest BCUT2D eigenvalue weighted by Gasteiger charge is -2.35. The van der Waals surface area contributed by atoms with Gasteiger partial charge in [-0.25, -0.2) is 0 Å². The van der Waals surface area contributed by atoms with Crippen LogP contribution in [0.3, 0.4) is 0 Å². The van der Waals surface area contributed by atoms with Gasteiger partial charge >= 0.3 is 0 Å². The average molecular weight is 347 g/mol. The van der Waals surface area contributed by atoms with E-state index in [0.717, 1.165) is 23.4 Å². The van der Waals surface area contributed by atoms with Gasteiger partial charge in [0, 0.05) is 42.6 Å². The fraction of sp³-hybridized carbons (Fsp3) is 0.556. The molecule has 0 aliphatic carbocycles. The lowest BCUT2D eigenvalue weighted by molar-refractivity contribution is -0.114. The van der Waals surface area contributed by atoms with Gasteiger partial charge < -0.3 is 15.5 Å². The van der Waals surface area contributed by atoms with Crippen molar-refractivity contribution < 1.29 is 9.59 Å². The molecule has 0 saturated carbocycles. The van der Waals surface area contributed by atoms with Crippen molar-refractivity contribution in [2.45, 2.75) is 55.6 Å². The number of nitrogens with one attached hydrogen (secondary N) is 2. The third-order valence-corrected chi connectivity index (χ3v) is 5.85. The van der Waals surface area contributed by atoms with Gasteiger partial charge in [-0.2, -0.15) is 0 Å². The number of hydrogen-bond donors (Lipinski definition) is 2. The first-order chi connectivity index (χ1) is 11.5. The predicted molar refractivity (Wildman–Crippen MR) is 97.6 cm³/mol. The molecule has 2 fully saturated rings. The number of thioether (sulfide) groups is 1. The van der Waals surface area contributed by atoms with Gasteiger partial charge in [0.15, 0.2) is 0 Å². The van der Waals surface area contributed by atoms with Crippen LogP contribution in [-0.2, 0) is 4.79 Å². The van der Waals surface area contributed by atoms with E-state index in [1.54, 1.807) is 6.07 Å². The predicted octanol–water partition coefficient (Wildman–Crippen LogP) is 2.72. The van der Waals surface area contributed by atoms with Crippen LogP contribution in [0.25, 0.3) is 0 Å². The molecular formula is C18H25N3O2S. The molecule has 1 aromatic rings. The number of amides is 2. The van der Waals surface area contributed by atoms with Gasteiger partial charge in [-0.05, 0) is 50.1 Å². The zero-order chi connectivity index (χ0) is 17.3. The second-order valence-corrected chi connectivity index (χ2v) is 7.62. The minimum absolute atomic E-state index is 0.0611. The minimum atomic E-state index is -0.105. The monoisotopic (exact) mass is 347 g/mol. The number of benzene rings is 1. The largest absolute Gasteiger partial charge is 0.339 e. The molecule has 2 amide bonds. The molecule has 2 bridgehead atoms. The molecule has 130 valence electrons. The van der Waals surface area contributed by atoms with Crippen LogP contribution in [0.4, 0.5) is 5.69 Å². The van der Waals surface area contributed by atoms with Crippen LogP contribution < -0.4 is 10.6 Å². The maximum Gasteiger partial charge on any atom is 0.253 e. The van der Waals surface area contributed by atoms with Crippen molar-refractivity contribution in [1.29, 1.82) is 0 Å². The van der Waals surface area contributed by atoms with Crippen LogP contribution in [0.5, 0.6) is 0 Å². The van der Waals surface area contributed by atoms with Gasteiger partial charge in [0.2, 0.25) is 5.91 Å². The highest BCUT2D eigenvalue weighted by molar-refractivity contribution is 7.98. The zero-order valence-corrected chi connectivity index (χ0v) is 15.3. The van der Waals surface area contributed by atoms with Crippen LogP contribution in [0, 0.1) is 0 Å². The Morgan fingerprint density at radius 2 is 1.92 bits per heavy atom. The Labute approximate surface area is 147 Å². The molecule has 2 atom stereocenters. The van der Waals surface area contributed by atoms with E-state index in [4.69, 9.17) is 0 Å². The smallest absolute Gasteiger partial charge is 0.253 e. The molecule has 0 radical (unpaired) electrons. The minimum Gasteiger partial charge on any atom is -0.339 e. The second kappa shape index (κ2) is 7.15. The maximum atomic E-state index is 12.9. The lowest BCUT2D eigenvalue weighted by Crippen LogP contribution is -2.48. The van der Waals surface area contributed by atoms with E-state index >= 15 is 0 Å². The van der Waals surface area contributed by atoms with E-state index < -0.39 is 0 Å². The Balaban J connectivity index is 1.75. The molecular weight excluding hydrogens is 322 g/mol. The van der Waals surface area contributed by atoms with Gasteiger partial charge in [-0.1, -0.05) is 0 Å². The van der Waals surface area contributed by atoms with E-state index in [9.17, 15) is 9.59 Å². The molecule has 0 aromatic heterocycles. The molecule has 2 heterocycles. The first-order valence-electron chi connectivity index (χ1n) is 8.46. The normalized spacial score (nSPS) is 25.4. The summed E-state index contributed by atoms with van der Waals surface area (Å²) >= 11 is 1.53. The first-order valence-corrected chi connectivity index (χ1v) is 9.69. The highest BCUT2D eigenvalue weighted by Crippen LogP contribution is 2.31. The van der Waals surface area contributed by atoms with Crippen LogP contribution in [-0.4, -0.2) is 48.1 Å². The number of piperidine rings is 1. The van der Waals surface area contributed by atoms with Gasteiger partial charge in [0.05, 0.1) is 5.69 Å². The fourth-order valence-electron chi connectivity index (χ4n) is 3.83. The molecule has 2 saturated heterocycles. The quantitative estimate of drug-likeness (QED) is 0.822. The summed E-state index contributed by atoms with van der Waals surface area (Å²) in [6, 6.07) is 6.94. The number of carbonyl (C=O) groups is 2. The van der Waals surface area contributed by atoms with E-state index in [-0.39, 0.29) is 11.8 Å². The van der Waals surface area contributed by atoms with Crippen molar-refractivity contribution in [2.24, 2.45) is 0 Å². The Morgan fingerprint density at radius 1 is 1.25 bits per heavy atom. The zero-order valence-electron chi connectivity index (χ0n) is 14.5. The molecule has 1 aromatic carbocycles. The summed E-state index contributed by atoms with van der Waals surface area (Å²) in [5, 5.41) is 6.43. The Hall–Kier alpha value is -1.53. The molecule has 24 heavy (non-hydrogen) atoms. The van der Waals surface area contributed by atoms with Crippen molar-refractivity contribution in [3.8, 4) is 0 Å². The third-order valence-electron chi connectivity index (χ3n) is 5.08. The molecule has 0 spiro atoms. The average Bonchev–Trinajstić information content (AvgIpc) is 2.91. The molecule has 2 unspecified atom stereocenters. The summed E-state index contributed by atoms with van der Waals surface area (Å²) in [6.45, 7) is 1.49. The van der Waals surface area contributed by atoms with Crippen LogP contribution in [0.2, 0.25) is 0 Å². The van der Waals surface area contributed by atoms with E-state index in [2.05, 4.69) is 10.6 Å². The first kappa shape index (κ1) is 17.3. The van der Waals surface area contributed by atoms with Crippen molar-refractivity contribution in [2.75, 3.05) is 18.6 Å². The number of rotatable bonds is 4. The Kier molecular flexibility index (Phi) is 5.15. The van der Waals surface area contributed by atoms with Crippen LogP contribution in [0.1, 0.15) is 43.0 Å². The molecule has 5 nitrogen and oxygen atoms in total. The topological polar surface area (TPSA) is 61.4 Å². The summed E-state index contributed by atoms with van der Waals surface area (Å²) in [5.74, 6) is -0.0438. The molecule has 2 aliphatic heterocycles. The number of hydrogen-bond acceptors (Lipinski definition) is 4. The van der Waals surface area contributed by atoms with Gasteiger partial charge in [0.25, 0.3) is 5.91 Å². The number of carbonyl (C=O) groups excluding carboxylic acids is 2.